The van der Waals surface area contributed by atoms with Crippen LogP contribution in [-0.2, 0) is 23.5 Å². The van der Waals surface area contributed by atoms with Crippen LogP contribution in [0.3, 0.4) is 0 Å². The van der Waals surface area contributed by atoms with Gasteiger partial charge in [0.1, 0.15) is 0 Å². The number of nitrogens with one attached hydrogen (secondary N) is 1. The summed E-state index contributed by atoms with van der Waals surface area (Å²) in [5, 5.41) is 24.4. The van der Waals surface area contributed by atoms with Crippen molar-refractivity contribution >= 4 is 33.1 Å². The van der Waals surface area contributed by atoms with Gasteiger partial charge in [0.05, 0.1) is 17.4 Å². The first-order valence-electron chi connectivity index (χ1n) is 11.8. The average molecular weight is 515 g/mol. The van der Waals surface area contributed by atoms with Gasteiger partial charge in [0.2, 0.25) is 0 Å². The van der Waals surface area contributed by atoms with Crippen molar-refractivity contribution < 1.29 is 23.4 Å². The second-order valence-electron chi connectivity index (χ2n) is 9.85. The second-order valence-corrected chi connectivity index (χ2v) is 10.5. The van der Waals surface area contributed by atoms with Gasteiger partial charge in [0.25, 0.3) is 0 Å². The van der Waals surface area contributed by atoms with E-state index in [0.29, 0.717) is 12.1 Å². The Balaban J connectivity index is 1.72. The number of carbonyl (C=O) groups is 1. The molecule has 3 aromatic rings. The van der Waals surface area contributed by atoms with Crippen molar-refractivity contribution in [3.8, 4) is 0 Å². The smallest absolute Gasteiger partial charge is 0.335 e. The number of rotatable bonds is 12. The zero-order valence-corrected chi connectivity index (χ0v) is 21.9. The highest BCUT2D eigenvalue weighted by Crippen LogP contribution is 2.25. The van der Waals surface area contributed by atoms with Crippen molar-refractivity contribution in [3.63, 3.8) is 0 Å². The van der Waals surface area contributed by atoms with Gasteiger partial charge in [-0.05, 0) is 76.3 Å². The van der Waals surface area contributed by atoms with E-state index in [9.17, 15) is 23.4 Å². The minimum absolute atomic E-state index is 0.271. The van der Waals surface area contributed by atoms with E-state index in [-0.39, 0.29) is 16.8 Å². The number of nitrogens with zero attached hydrogens (tertiary/aromatic N) is 3. The van der Waals surface area contributed by atoms with Gasteiger partial charge in [-0.2, -0.15) is 8.42 Å². The van der Waals surface area contributed by atoms with E-state index in [0.717, 1.165) is 42.5 Å². The van der Waals surface area contributed by atoms with Crippen molar-refractivity contribution in [1.82, 2.24) is 14.8 Å². The molecule has 9 nitrogen and oxygen atoms in total. The van der Waals surface area contributed by atoms with Gasteiger partial charge in [-0.15, -0.1) is 4.36 Å². The second kappa shape index (κ2) is 11.8. The van der Waals surface area contributed by atoms with E-state index in [2.05, 4.69) is 39.1 Å². The summed E-state index contributed by atoms with van der Waals surface area (Å²) in [6, 6.07) is 13.8. The fraction of sp³-hybridized carbons (Fsp3) is 0.423. The van der Waals surface area contributed by atoms with Crippen LogP contribution in [0.4, 0.5) is 5.69 Å². The molecule has 0 saturated carbocycles. The number of carboxylic acids is 1. The Hall–Kier alpha value is -3.05. The van der Waals surface area contributed by atoms with Gasteiger partial charge >= 0.3 is 16.5 Å². The van der Waals surface area contributed by atoms with E-state index < -0.39 is 22.6 Å². The number of aliphatic hydroxyl groups excluding tert-OH is 1. The predicted octanol–water partition coefficient (Wildman–Crippen LogP) is 3.63. The highest BCUT2D eigenvalue weighted by molar-refractivity contribution is 7.61. The normalized spacial score (nSPS) is 12.7. The fourth-order valence-corrected chi connectivity index (χ4v) is 4.40. The topological polar surface area (TPSA) is 124 Å². The first-order chi connectivity index (χ1) is 16.9. The number of likely N-dealkylation sites (N-methyl/N-ethyl adjacent to an activating group) is 1. The molecule has 1 aromatic heterocycles. The molecule has 3 N–H and O–H groups in total. The van der Waals surface area contributed by atoms with Gasteiger partial charge in [-0.3, -0.25) is 0 Å². The lowest BCUT2D eigenvalue weighted by Gasteiger charge is -2.29. The fourth-order valence-electron chi connectivity index (χ4n) is 4.12. The van der Waals surface area contributed by atoms with E-state index in [1.807, 2.05) is 20.2 Å². The summed E-state index contributed by atoms with van der Waals surface area (Å²) in [6.07, 6.45) is 0.785. The predicted molar refractivity (Wildman–Crippen MR) is 140 cm³/mol. The molecule has 3 rings (SSSR count). The summed E-state index contributed by atoms with van der Waals surface area (Å²) in [5.74, 6) is -0.941. The molecular formula is C26H34N4O5S. The summed E-state index contributed by atoms with van der Waals surface area (Å²) in [4.78, 5) is 13.5. The standard InChI is InChI=1S/C26H34N4O5S/c1-26(2,27-17-24(31)18-6-5-7-21(15-18)28-36(34)35)11-13-30-22(10-12-29(3)4)16-20-14-19(25(32)33)8-9-23(20)30/h5-9,14-16,24,27,31H,10-13,17H2,1-4H3,(H,32,33). The Morgan fingerprint density at radius 3 is 2.58 bits per heavy atom. The van der Waals surface area contributed by atoms with Crippen LogP contribution in [0, 0.1) is 0 Å². The Morgan fingerprint density at radius 1 is 1.17 bits per heavy atom. The van der Waals surface area contributed by atoms with Crippen LogP contribution in [0.2, 0.25) is 0 Å². The molecule has 0 bridgehead atoms. The molecule has 0 aliphatic rings. The molecule has 1 unspecified atom stereocenters. The minimum atomic E-state index is -2.55. The maximum absolute atomic E-state index is 11.4. The first-order valence-corrected chi connectivity index (χ1v) is 12.8. The summed E-state index contributed by atoms with van der Waals surface area (Å²) in [5.41, 5.74) is 2.97. The molecule has 0 aliphatic carbocycles. The van der Waals surface area contributed by atoms with Crippen molar-refractivity contribution in [1.29, 1.82) is 0 Å². The van der Waals surface area contributed by atoms with Crippen LogP contribution >= 0.6 is 0 Å². The lowest BCUT2D eigenvalue weighted by atomic mass is 9.99. The summed E-state index contributed by atoms with van der Waals surface area (Å²) in [7, 11) is 1.50. The molecule has 0 saturated heterocycles. The molecule has 0 aliphatic heterocycles. The van der Waals surface area contributed by atoms with Crippen molar-refractivity contribution in [2.45, 2.75) is 44.9 Å². The third kappa shape index (κ3) is 7.47. The highest BCUT2D eigenvalue weighted by atomic mass is 32.2. The molecule has 194 valence electrons. The zero-order chi connectivity index (χ0) is 26.5. The third-order valence-electron chi connectivity index (χ3n) is 6.22. The summed E-state index contributed by atoms with van der Waals surface area (Å²) < 4.78 is 27.4. The number of benzene rings is 2. The lowest BCUT2D eigenvalue weighted by molar-refractivity contribution is 0.0697. The van der Waals surface area contributed by atoms with Crippen molar-refractivity contribution in [2.75, 3.05) is 27.2 Å². The summed E-state index contributed by atoms with van der Waals surface area (Å²) >= 11 is 0. The van der Waals surface area contributed by atoms with Crippen LogP contribution < -0.4 is 5.32 Å². The number of β-amino-alcohol motifs (C(OH)–C–C–N with tert-alkyl or cyclic N) is 1. The number of aliphatic hydroxyl groups is 1. The SMILES string of the molecule is CN(C)CCc1cc2cc(C(=O)O)ccc2n1CCC(C)(C)NCC(O)c1cccc(N=S(=O)=O)c1. The molecular weight excluding hydrogens is 480 g/mol. The monoisotopic (exact) mass is 514 g/mol. The first kappa shape index (κ1) is 27.5. The van der Waals surface area contributed by atoms with Gasteiger partial charge in [0.15, 0.2) is 0 Å². The minimum Gasteiger partial charge on any atom is -0.478 e. The van der Waals surface area contributed by atoms with Crippen LogP contribution in [0.5, 0.6) is 0 Å². The number of fused-ring (bicyclic) bond motifs is 1. The maximum Gasteiger partial charge on any atom is 0.335 e. The summed E-state index contributed by atoms with van der Waals surface area (Å²) in [6.45, 7) is 6.03. The highest BCUT2D eigenvalue weighted by Gasteiger charge is 2.21. The molecule has 1 atom stereocenters. The van der Waals surface area contributed by atoms with Gasteiger partial charge < -0.3 is 25.0 Å². The Labute approximate surface area is 213 Å². The largest absolute Gasteiger partial charge is 0.478 e. The number of aromatic carboxylic acids is 1. The van der Waals surface area contributed by atoms with E-state index in [4.69, 9.17) is 0 Å². The quantitative estimate of drug-likeness (QED) is 0.337. The van der Waals surface area contributed by atoms with Gasteiger partial charge in [-0.1, -0.05) is 12.1 Å². The van der Waals surface area contributed by atoms with Crippen LogP contribution in [0.15, 0.2) is 52.9 Å². The number of carboxylic acid groups (broad SMARTS) is 1. The molecule has 0 fully saturated rings. The molecule has 2 aromatic carbocycles. The van der Waals surface area contributed by atoms with Crippen LogP contribution in [0.25, 0.3) is 10.9 Å². The molecule has 1 heterocycles. The number of hydrogen-bond acceptors (Lipinski definition) is 7. The maximum atomic E-state index is 11.4. The lowest BCUT2D eigenvalue weighted by Crippen LogP contribution is -2.42. The average Bonchev–Trinajstić information content (AvgIpc) is 3.16. The van der Waals surface area contributed by atoms with Crippen LogP contribution in [-0.4, -0.2) is 66.8 Å². The van der Waals surface area contributed by atoms with Crippen molar-refractivity contribution in [3.05, 3.63) is 65.4 Å². The number of aryl methyl sites for hydroxylation is 1. The molecule has 0 radical (unpaired) electrons. The molecule has 0 spiro atoms. The number of aromatic nitrogens is 1. The third-order valence-corrected chi connectivity index (χ3v) is 6.58. The molecule has 0 amide bonds. The zero-order valence-electron chi connectivity index (χ0n) is 21.1. The number of hydrogen-bond donors (Lipinski definition) is 3. The van der Waals surface area contributed by atoms with E-state index >= 15 is 0 Å². The Bertz CT molecular complexity index is 1350. The Morgan fingerprint density at radius 2 is 1.92 bits per heavy atom. The Kier molecular flexibility index (Phi) is 9.02. The van der Waals surface area contributed by atoms with Crippen LogP contribution in [0.1, 0.15) is 48.0 Å². The molecule has 36 heavy (non-hydrogen) atoms. The van der Waals surface area contributed by atoms with Crippen molar-refractivity contribution in [2.24, 2.45) is 4.36 Å². The molecule has 10 heteroatoms. The van der Waals surface area contributed by atoms with Gasteiger partial charge in [-0.25, -0.2) is 4.79 Å². The van der Waals surface area contributed by atoms with E-state index in [1.54, 1.807) is 36.4 Å². The van der Waals surface area contributed by atoms with E-state index in [1.165, 1.54) is 0 Å². The van der Waals surface area contributed by atoms with Gasteiger partial charge in [0, 0.05) is 48.2 Å².